The van der Waals surface area contributed by atoms with Gasteiger partial charge in [-0.1, -0.05) is 11.6 Å². The maximum absolute atomic E-state index is 12.0. The zero-order valence-corrected chi connectivity index (χ0v) is 12.3. The van der Waals surface area contributed by atoms with Crippen LogP contribution < -0.4 is 4.72 Å². The number of nitrogens with zero attached hydrogens (tertiary/aromatic N) is 1. The van der Waals surface area contributed by atoms with Gasteiger partial charge in [-0.25, -0.2) is 13.1 Å². The van der Waals surface area contributed by atoms with E-state index in [-0.39, 0.29) is 35.1 Å². The van der Waals surface area contributed by atoms with E-state index >= 15 is 0 Å². The van der Waals surface area contributed by atoms with Gasteiger partial charge in [0.2, 0.25) is 10.0 Å². The van der Waals surface area contributed by atoms with Gasteiger partial charge in [-0.05, 0) is 25.1 Å². The highest BCUT2D eigenvalue weighted by Crippen LogP contribution is 2.22. The number of halogens is 1. The van der Waals surface area contributed by atoms with E-state index in [2.05, 4.69) is 9.46 Å². The predicted octanol–water partition coefficient (Wildman–Crippen LogP) is 1.44. The summed E-state index contributed by atoms with van der Waals surface area (Å²) in [4.78, 5) is 11.0. The number of hydrogen-bond acceptors (Lipinski definition) is 5. The molecule has 1 aromatic carbocycles. The van der Waals surface area contributed by atoms with Crippen LogP contribution in [-0.4, -0.2) is 27.5 Å². The van der Waals surface area contributed by atoms with E-state index in [4.69, 9.17) is 16.9 Å². The van der Waals surface area contributed by atoms with Crippen molar-refractivity contribution in [2.45, 2.75) is 18.2 Å². The van der Waals surface area contributed by atoms with Crippen molar-refractivity contribution < 1.29 is 17.9 Å². The van der Waals surface area contributed by atoms with Crippen molar-refractivity contribution in [2.24, 2.45) is 0 Å². The first kappa shape index (κ1) is 16.4. The van der Waals surface area contributed by atoms with Crippen molar-refractivity contribution >= 4 is 27.6 Å². The molecular formula is C12H13ClN2O4S. The van der Waals surface area contributed by atoms with Crippen LogP contribution in [0.3, 0.4) is 0 Å². The zero-order valence-electron chi connectivity index (χ0n) is 10.7. The summed E-state index contributed by atoms with van der Waals surface area (Å²) in [5.74, 6) is -0.485. The lowest BCUT2D eigenvalue weighted by molar-refractivity contribution is -0.142. The van der Waals surface area contributed by atoms with Gasteiger partial charge in [0, 0.05) is 6.54 Å². The molecule has 0 heterocycles. The van der Waals surface area contributed by atoms with E-state index in [1.165, 1.54) is 18.2 Å². The SMILES string of the molecule is CCOC(=O)CCNS(=O)(=O)c1ccc(C#N)cc1Cl. The Labute approximate surface area is 122 Å². The molecule has 0 radical (unpaired) electrons. The molecule has 1 N–H and O–H groups in total. The lowest BCUT2D eigenvalue weighted by atomic mass is 10.2. The molecular weight excluding hydrogens is 304 g/mol. The highest BCUT2D eigenvalue weighted by molar-refractivity contribution is 7.89. The Bertz CT molecular complexity index is 637. The second kappa shape index (κ2) is 7.24. The molecule has 1 aromatic rings. The Morgan fingerprint density at radius 2 is 2.20 bits per heavy atom. The maximum atomic E-state index is 12.0. The zero-order chi connectivity index (χ0) is 15.2. The summed E-state index contributed by atoms with van der Waals surface area (Å²) in [6, 6.07) is 5.72. The highest BCUT2D eigenvalue weighted by Gasteiger charge is 2.18. The fourth-order valence-corrected chi connectivity index (χ4v) is 2.96. The van der Waals surface area contributed by atoms with Gasteiger partial charge < -0.3 is 4.74 Å². The average molecular weight is 317 g/mol. The summed E-state index contributed by atoms with van der Waals surface area (Å²) in [6.07, 6.45) is -0.0685. The Morgan fingerprint density at radius 1 is 1.50 bits per heavy atom. The molecule has 0 saturated heterocycles. The summed E-state index contributed by atoms with van der Waals surface area (Å²) in [7, 11) is -3.83. The van der Waals surface area contributed by atoms with Gasteiger partial charge in [-0.3, -0.25) is 4.79 Å². The molecule has 0 saturated carbocycles. The molecule has 6 nitrogen and oxygen atoms in total. The summed E-state index contributed by atoms with van der Waals surface area (Å²) in [5.41, 5.74) is 0.264. The Morgan fingerprint density at radius 3 is 2.75 bits per heavy atom. The molecule has 0 aliphatic rings. The minimum atomic E-state index is -3.83. The molecule has 0 unspecified atom stereocenters. The third-order valence-corrected chi connectivity index (χ3v) is 4.22. The van der Waals surface area contributed by atoms with Gasteiger partial charge >= 0.3 is 5.97 Å². The monoisotopic (exact) mass is 316 g/mol. The molecule has 0 bridgehead atoms. The number of carbonyl (C=O) groups is 1. The van der Waals surface area contributed by atoms with Crippen LogP contribution in [0.4, 0.5) is 0 Å². The van der Waals surface area contributed by atoms with Gasteiger partial charge in [0.15, 0.2) is 0 Å². The molecule has 0 fully saturated rings. The van der Waals surface area contributed by atoms with Crippen LogP contribution in [0.25, 0.3) is 0 Å². The van der Waals surface area contributed by atoms with Crippen molar-refractivity contribution in [3.05, 3.63) is 28.8 Å². The number of nitrogens with one attached hydrogen (secondary N) is 1. The van der Waals surface area contributed by atoms with E-state index in [9.17, 15) is 13.2 Å². The van der Waals surface area contributed by atoms with Crippen LogP contribution >= 0.6 is 11.6 Å². The van der Waals surface area contributed by atoms with Crippen LogP contribution in [0, 0.1) is 11.3 Å². The molecule has 0 aliphatic heterocycles. The summed E-state index contributed by atoms with van der Waals surface area (Å²) >= 11 is 5.82. The van der Waals surface area contributed by atoms with Crippen molar-refractivity contribution in [2.75, 3.05) is 13.2 Å². The van der Waals surface area contributed by atoms with Gasteiger partial charge in [0.25, 0.3) is 0 Å². The number of hydrogen-bond donors (Lipinski definition) is 1. The summed E-state index contributed by atoms with van der Waals surface area (Å²) < 4.78 is 30.9. The van der Waals surface area contributed by atoms with Crippen LogP contribution in [0.2, 0.25) is 5.02 Å². The normalized spacial score (nSPS) is 10.8. The second-order valence-corrected chi connectivity index (χ2v) is 5.85. The molecule has 0 aromatic heterocycles. The quantitative estimate of drug-likeness (QED) is 0.801. The number of esters is 1. The first-order valence-corrected chi connectivity index (χ1v) is 7.61. The third kappa shape index (κ3) is 4.49. The number of nitriles is 1. The Hall–Kier alpha value is -1.62. The minimum Gasteiger partial charge on any atom is -0.466 e. The number of carbonyl (C=O) groups excluding carboxylic acids is 1. The van der Waals surface area contributed by atoms with Crippen LogP contribution in [0.15, 0.2) is 23.1 Å². The maximum Gasteiger partial charge on any atom is 0.307 e. The molecule has 20 heavy (non-hydrogen) atoms. The fraction of sp³-hybridized carbons (Fsp3) is 0.333. The first-order chi connectivity index (χ1) is 9.40. The average Bonchev–Trinajstić information content (AvgIpc) is 2.38. The molecule has 108 valence electrons. The number of benzene rings is 1. The molecule has 0 atom stereocenters. The third-order valence-electron chi connectivity index (χ3n) is 2.28. The van der Waals surface area contributed by atoms with E-state index in [0.717, 1.165) is 0 Å². The van der Waals surface area contributed by atoms with Gasteiger partial charge in [0.1, 0.15) is 4.90 Å². The van der Waals surface area contributed by atoms with Crippen molar-refractivity contribution in [3.63, 3.8) is 0 Å². The van der Waals surface area contributed by atoms with Crippen LogP contribution in [0.5, 0.6) is 0 Å². The number of sulfonamides is 1. The predicted molar refractivity (Wildman–Crippen MR) is 72.6 cm³/mol. The van der Waals surface area contributed by atoms with Crippen molar-refractivity contribution in [3.8, 4) is 6.07 Å². The van der Waals surface area contributed by atoms with Crippen LogP contribution in [-0.2, 0) is 19.6 Å². The lowest BCUT2D eigenvalue weighted by Crippen LogP contribution is -2.27. The van der Waals surface area contributed by atoms with Gasteiger partial charge in [-0.2, -0.15) is 5.26 Å². The van der Waals surface area contributed by atoms with Gasteiger partial charge in [0.05, 0.1) is 29.7 Å². The Kier molecular flexibility index (Phi) is 5.95. The van der Waals surface area contributed by atoms with Gasteiger partial charge in [-0.15, -0.1) is 0 Å². The number of ether oxygens (including phenoxy) is 1. The molecule has 0 amide bonds. The standard InChI is InChI=1S/C12H13ClN2O4S/c1-2-19-12(16)5-6-15-20(17,18)11-4-3-9(8-14)7-10(11)13/h3-4,7,15H,2,5-6H2,1H3. The minimum absolute atomic E-state index is 0.0484. The lowest BCUT2D eigenvalue weighted by Gasteiger charge is -2.08. The van der Waals surface area contributed by atoms with E-state index in [0.29, 0.717) is 0 Å². The molecule has 0 spiro atoms. The van der Waals surface area contributed by atoms with Crippen LogP contribution in [0.1, 0.15) is 18.9 Å². The number of rotatable bonds is 6. The van der Waals surface area contributed by atoms with E-state index < -0.39 is 16.0 Å². The topological polar surface area (TPSA) is 96.3 Å². The fourth-order valence-electron chi connectivity index (χ4n) is 1.39. The van der Waals surface area contributed by atoms with Crippen molar-refractivity contribution in [1.82, 2.24) is 4.72 Å². The van der Waals surface area contributed by atoms with E-state index in [1.54, 1.807) is 6.92 Å². The Balaban J connectivity index is 2.75. The molecule has 8 heteroatoms. The summed E-state index contributed by atoms with van der Waals surface area (Å²) in [6.45, 7) is 1.82. The summed E-state index contributed by atoms with van der Waals surface area (Å²) in [5, 5.41) is 8.64. The highest BCUT2D eigenvalue weighted by atomic mass is 35.5. The largest absolute Gasteiger partial charge is 0.466 e. The second-order valence-electron chi connectivity index (χ2n) is 3.71. The smallest absolute Gasteiger partial charge is 0.307 e. The molecule has 1 rings (SSSR count). The first-order valence-electron chi connectivity index (χ1n) is 5.75. The van der Waals surface area contributed by atoms with E-state index in [1.807, 2.05) is 6.07 Å². The van der Waals surface area contributed by atoms with Crippen molar-refractivity contribution in [1.29, 1.82) is 5.26 Å². The molecule has 0 aliphatic carbocycles.